The number of aromatic nitrogens is 2. The van der Waals surface area contributed by atoms with Gasteiger partial charge in [-0.05, 0) is 48.1 Å². The summed E-state index contributed by atoms with van der Waals surface area (Å²) < 4.78 is 11.6. The number of aryl methyl sites for hydroxylation is 1. The number of carboxylic acid groups (broad SMARTS) is 1. The molecule has 0 bridgehead atoms. The van der Waals surface area contributed by atoms with Crippen molar-refractivity contribution in [3.63, 3.8) is 0 Å². The van der Waals surface area contributed by atoms with Crippen molar-refractivity contribution >= 4 is 17.5 Å². The third-order valence-electron chi connectivity index (χ3n) is 4.78. The SMILES string of the molecule is CN(C)c1ncc(C2=C(COc3ccc(CCCC(=O)O)cc3)COCC2)cn1. The Morgan fingerprint density at radius 2 is 1.93 bits per heavy atom. The van der Waals surface area contributed by atoms with Gasteiger partial charge in [-0.2, -0.15) is 0 Å². The van der Waals surface area contributed by atoms with Gasteiger partial charge in [-0.15, -0.1) is 0 Å². The molecule has 1 aliphatic rings. The van der Waals surface area contributed by atoms with Gasteiger partial charge in [-0.1, -0.05) is 12.1 Å². The molecule has 0 saturated heterocycles. The Kier molecular flexibility index (Phi) is 7.19. The molecule has 7 nitrogen and oxygen atoms in total. The van der Waals surface area contributed by atoms with E-state index in [1.807, 2.05) is 55.7 Å². The van der Waals surface area contributed by atoms with Crippen LogP contribution in [0.15, 0.2) is 42.2 Å². The molecule has 29 heavy (non-hydrogen) atoms. The van der Waals surface area contributed by atoms with Crippen molar-refractivity contribution < 1.29 is 19.4 Å². The number of rotatable bonds is 9. The number of hydrogen-bond donors (Lipinski definition) is 1. The van der Waals surface area contributed by atoms with Crippen molar-refractivity contribution in [3.05, 3.63) is 53.4 Å². The number of nitrogens with zero attached hydrogens (tertiary/aromatic N) is 3. The number of hydrogen-bond acceptors (Lipinski definition) is 6. The zero-order valence-electron chi connectivity index (χ0n) is 16.9. The first-order chi connectivity index (χ1) is 14.0. The average molecular weight is 397 g/mol. The van der Waals surface area contributed by atoms with Gasteiger partial charge in [-0.25, -0.2) is 9.97 Å². The van der Waals surface area contributed by atoms with Gasteiger partial charge in [-0.3, -0.25) is 4.79 Å². The monoisotopic (exact) mass is 397 g/mol. The summed E-state index contributed by atoms with van der Waals surface area (Å²) in [5, 5.41) is 8.73. The molecule has 0 radical (unpaired) electrons. The number of aliphatic carboxylic acids is 1. The zero-order chi connectivity index (χ0) is 20.6. The van der Waals surface area contributed by atoms with Crippen LogP contribution in [0.3, 0.4) is 0 Å². The van der Waals surface area contributed by atoms with Crippen LogP contribution in [0.1, 0.15) is 30.4 Å². The number of ether oxygens (including phenoxy) is 2. The summed E-state index contributed by atoms with van der Waals surface area (Å²) in [6, 6.07) is 7.82. The summed E-state index contributed by atoms with van der Waals surface area (Å²) in [7, 11) is 3.83. The van der Waals surface area contributed by atoms with E-state index < -0.39 is 5.97 Å². The summed E-state index contributed by atoms with van der Waals surface area (Å²) in [6.45, 7) is 1.67. The number of benzene rings is 1. The van der Waals surface area contributed by atoms with Crippen LogP contribution in [0.5, 0.6) is 5.75 Å². The minimum absolute atomic E-state index is 0.189. The topological polar surface area (TPSA) is 84.8 Å². The molecule has 0 amide bonds. The Hall–Kier alpha value is -2.93. The van der Waals surface area contributed by atoms with Gasteiger partial charge < -0.3 is 19.5 Å². The van der Waals surface area contributed by atoms with Crippen LogP contribution in [0.25, 0.3) is 5.57 Å². The Bertz CT molecular complexity index is 845. The van der Waals surface area contributed by atoms with Crippen LogP contribution in [0.4, 0.5) is 5.95 Å². The first kappa shape index (κ1) is 20.8. The smallest absolute Gasteiger partial charge is 0.303 e. The minimum atomic E-state index is -0.759. The van der Waals surface area contributed by atoms with Crippen LogP contribution in [0.2, 0.25) is 0 Å². The molecule has 0 aliphatic carbocycles. The third-order valence-corrected chi connectivity index (χ3v) is 4.78. The first-order valence-electron chi connectivity index (χ1n) is 9.75. The summed E-state index contributed by atoms with van der Waals surface area (Å²) in [5.41, 5.74) is 4.40. The molecule has 7 heteroatoms. The van der Waals surface area contributed by atoms with Crippen molar-refractivity contribution in [1.82, 2.24) is 9.97 Å². The maximum absolute atomic E-state index is 10.6. The van der Waals surface area contributed by atoms with Crippen molar-refractivity contribution in [3.8, 4) is 5.75 Å². The van der Waals surface area contributed by atoms with E-state index in [1.165, 1.54) is 5.57 Å². The fourth-order valence-electron chi connectivity index (χ4n) is 3.19. The summed E-state index contributed by atoms with van der Waals surface area (Å²) >= 11 is 0. The second-order valence-corrected chi connectivity index (χ2v) is 7.23. The highest BCUT2D eigenvalue weighted by Gasteiger charge is 2.16. The van der Waals surface area contributed by atoms with Crippen LogP contribution >= 0.6 is 0 Å². The standard InChI is InChI=1S/C22H27N3O4/c1-25(2)22-23-12-17(13-24-22)20-10-11-28-14-18(20)15-29-19-8-6-16(7-9-19)4-3-5-21(26)27/h6-9,12-13H,3-5,10-11,14-15H2,1-2H3,(H,26,27). The molecular formula is C22H27N3O4. The van der Waals surface area contributed by atoms with E-state index in [2.05, 4.69) is 9.97 Å². The molecule has 2 heterocycles. The van der Waals surface area contributed by atoms with Gasteiger partial charge in [0.05, 0.1) is 13.2 Å². The lowest BCUT2D eigenvalue weighted by Gasteiger charge is -2.21. The van der Waals surface area contributed by atoms with E-state index in [0.717, 1.165) is 35.3 Å². The highest BCUT2D eigenvalue weighted by atomic mass is 16.5. The van der Waals surface area contributed by atoms with Gasteiger partial charge in [0.25, 0.3) is 0 Å². The van der Waals surface area contributed by atoms with E-state index in [-0.39, 0.29) is 6.42 Å². The molecule has 0 atom stereocenters. The molecule has 1 aliphatic heterocycles. The molecule has 0 unspecified atom stereocenters. The molecule has 1 N–H and O–H groups in total. The van der Waals surface area contributed by atoms with Gasteiger partial charge in [0.1, 0.15) is 12.4 Å². The highest BCUT2D eigenvalue weighted by molar-refractivity contribution is 5.69. The van der Waals surface area contributed by atoms with E-state index in [9.17, 15) is 4.79 Å². The van der Waals surface area contributed by atoms with Crippen molar-refractivity contribution in [1.29, 1.82) is 0 Å². The number of carboxylic acids is 1. The Balaban J connectivity index is 1.63. The molecule has 2 aromatic rings. The summed E-state index contributed by atoms with van der Waals surface area (Å²) in [4.78, 5) is 21.3. The first-order valence-corrected chi connectivity index (χ1v) is 9.75. The largest absolute Gasteiger partial charge is 0.489 e. The van der Waals surface area contributed by atoms with Gasteiger partial charge in [0, 0.05) is 38.5 Å². The molecule has 1 aromatic carbocycles. The van der Waals surface area contributed by atoms with Crippen molar-refractivity contribution in [2.45, 2.75) is 25.7 Å². The maximum Gasteiger partial charge on any atom is 0.303 e. The Morgan fingerprint density at radius 3 is 2.59 bits per heavy atom. The predicted molar refractivity (Wildman–Crippen MR) is 111 cm³/mol. The predicted octanol–water partition coefficient (Wildman–Crippen LogP) is 3.20. The molecular weight excluding hydrogens is 370 g/mol. The second kappa shape index (κ2) is 10.0. The normalized spacial score (nSPS) is 14.0. The van der Waals surface area contributed by atoms with Crippen LogP contribution in [-0.4, -0.2) is 55.0 Å². The third kappa shape index (κ3) is 6.02. The molecule has 0 spiro atoms. The lowest BCUT2D eigenvalue weighted by Crippen LogP contribution is -2.17. The van der Waals surface area contributed by atoms with Gasteiger partial charge in [0.2, 0.25) is 5.95 Å². The van der Waals surface area contributed by atoms with Crippen LogP contribution in [-0.2, 0) is 16.0 Å². The zero-order valence-corrected chi connectivity index (χ0v) is 16.9. The number of anilines is 1. The van der Waals surface area contributed by atoms with Crippen molar-refractivity contribution in [2.75, 3.05) is 38.8 Å². The van der Waals surface area contributed by atoms with E-state index in [0.29, 0.717) is 32.2 Å². The second-order valence-electron chi connectivity index (χ2n) is 7.23. The maximum atomic E-state index is 10.6. The lowest BCUT2D eigenvalue weighted by atomic mass is 9.98. The van der Waals surface area contributed by atoms with Crippen molar-refractivity contribution in [2.24, 2.45) is 0 Å². The average Bonchev–Trinajstić information content (AvgIpc) is 2.73. The molecule has 0 saturated carbocycles. The summed E-state index contributed by atoms with van der Waals surface area (Å²) in [5.74, 6) is 0.705. The number of carbonyl (C=O) groups is 1. The van der Waals surface area contributed by atoms with E-state index >= 15 is 0 Å². The fraction of sp³-hybridized carbons (Fsp3) is 0.409. The van der Waals surface area contributed by atoms with Crippen LogP contribution in [0, 0.1) is 0 Å². The Labute approximate surface area is 171 Å². The lowest BCUT2D eigenvalue weighted by molar-refractivity contribution is -0.137. The molecule has 1 aromatic heterocycles. The molecule has 0 fully saturated rings. The van der Waals surface area contributed by atoms with Gasteiger partial charge >= 0.3 is 5.97 Å². The highest BCUT2D eigenvalue weighted by Crippen LogP contribution is 2.27. The van der Waals surface area contributed by atoms with E-state index in [1.54, 1.807) is 0 Å². The Morgan fingerprint density at radius 1 is 1.21 bits per heavy atom. The van der Waals surface area contributed by atoms with E-state index in [4.69, 9.17) is 14.6 Å². The quantitative estimate of drug-likeness (QED) is 0.695. The van der Waals surface area contributed by atoms with Crippen LogP contribution < -0.4 is 9.64 Å². The molecule has 3 rings (SSSR count). The molecule has 154 valence electrons. The van der Waals surface area contributed by atoms with Gasteiger partial charge in [0.15, 0.2) is 0 Å². The summed E-state index contributed by atoms with van der Waals surface area (Å²) in [6.07, 6.45) is 6.10. The fourth-order valence-corrected chi connectivity index (χ4v) is 3.19. The minimum Gasteiger partial charge on any atom is -0.489 e.